The lowest BCUT2D eigenvalue weighted by Crippen LogP contribution is -2.08. The van der Waals surface area contributed by atoms with Crippen LogP contribution in [0.25, 0.3) is 0 Å². The van der Waals surface area contributed by atoms with Crippen molar-refractivity contribution in [3.63, 3.8) is 0 Å². The first-order valence-electron chi connectivity index (χ1n) is 2.89. The molecular formula is C7H8F3N. The fraction of sp³-hybridized carbons (Fsp3) is 0.286. The largest absolute Gasteiger partial charge is 0.415 e. The minimum atomic E-state index is -4.35. The van der Waals surface area contributed by atoms with Gasteiger partial charge in [-0.25, -0.2) is 0 Å². The van der Waals surface area contributed by atoms with Crippen LogP contribution in [0.4, 0.5) is 13.2 Å². The summed E-state index contributed by atoms with van der Waals surface area (Å²) in [6.07, 6.45) is -1.09. The van der Waals surface area contributed by atoms with Gasteiger partial charge in [0.1, 0.15) is 0 Å². The molecule has 0 aliphatic rings. The number of alkyl halides is 3. The molecule has 0 radical (unpaired) electrons. The summed E-state index contributed by atoms with van der Waals surface area (Å²) in [7, 11) is 0. The molecule has 0 aromatic heterocycles. The van der Waals surface area contributed by atoms with Gasteiger partial charge in [-0.3, -0.25) is 4.99 Å². The SMILES string of the molecule is C=C(/C=C\N=CC)C(F)(F)F. The van der Waals surface area contributed by atoms with Gasteiger partial charge in [-0.2, -0.15) is 13.2 Å². The molecule has 62 valence electrons. The quantitative estimate of drug-likeness (QED) is 0.438. The summed E-state index contributed by atoms with van der Waals surface area (Å²) in [5.74, 6) is 0. The minimum absolute atomic E-state index is 0.819. The third-order valence-corrected chi connectivity index (χ3v) is 0.875. The van der Waals surface area contributed by atoms with E-state index in [2.05, 4.69) is 11.6 Å². The zero-order chi connectivity index (χ0) is 8.91. The Kier molecular flexibility index (Phi) is 3.57. The Morgan fingerprint density at radius 3 is 2.36 bits per heavy atom. The first-order chi connectivity index (χ1) is 4.98. The predicted octanol–water partition coefficient (Wildman–Crippen LogP) is 2.71. The van der Waals surface area contributed by atoms with Crippen LogP contribution in [0.3, 0.4) is 0 Å². The first-order valence-corrected chi connectivity index (χ1v) is 2.89. The summed E-state index contributed by atoms with van der Waals surface area (Å²) in [5, 5.41) is 0. The van der Waals surface area contributed by atoms with E-state index in [-0.39, 0.29) is 0 Å². The second kappa shape index (κ2) is 3.95. The number of hydrogen-bond acceptors (Lipinski definition) is 1. The summed E-state index contributed by atoms with van der Waals surface area (Å²) in [6, 6.07) is 0. The van der Waals surface area contributed by atoms with E-state index in [1.54, 1.807) is 6.92 Å². The van der Waals surface area contributed by atoms with Crippen molar-refractivity contribution in [3.8, 4) is 0 Å². The summed E-state index contributed by atoms with van der Waals surface area (Å²) in [6.45, 7) is 4.42. The second-order valence-electron chi connectivity index (χ2n) is 1.75. The molecule has 0 aliphatic heterocycles. The molecule has 0 rings (SSSR count). The molecule has 0 N–H and O–H groups in total. The molecule has 4 heteroatoms. The molecule has 0 unspecified atom stereocenters. The van der Waals surface area contributed by atoms with Gasteiger partial charge in [0.25, 0.3) is 0 Å². The number of aliphatic imine (C=N–C) groups is 1. The molecule has 1 nitrogen and oxygen atoms in total. The molecule has 0 aromatic rings. The van der Waals surface area contributed by atoms with Gasteiger partial charge in [0.2, 0.25) is 0 Å². The molecular weight excluding hydrogens is 155 g/mol. The summed E-state index contributed by atoms with van der Waals surface area (Å²) < 4.78 is 35.0. The maximum absolute atomic E-state index is 11.7. The van der Waals surface area contributed by atoms with Gasteiger partial charge < -0.3 is 0 Å². The van der Waals surface area contributed by atoms with E-state index in [4.69, 9.17) is 0 Å². The molecule has 0 spiro atoms. The molecule has 11 heavy (non-hydrogen) atoms. The lowest BCUT2D eigenvalue weighted by molar-refractivity contribution is -0.0878. The van der Waals surface area contributed by atoms with Crippen molar-refractivity contribution < 1.29 is 13.2 Å². The van der Waals surface area contributed by atoms with E-state index in [1.165, 1.54) is 6.21 Å². The highest BCUT2D eigenvalue weighted by Crippen LogP contribution is 2.24. The van der Waals surface area contributed by atoms with Gasteiger partial charge in [-0.1, -0.05) is 6.58 Å². The highest BCUT2D eigenvalue weighted by Gasteiger charge is 2.29. The molecule has 0 aliphatic carbocycles. The number of nitrogens with zero attached hydrogens (tertiary/aromatic N) is 1. The predicted molar refractivity (Wildman–Crippen MR) is 38.5 cm³/mol. The average molecular weight is 163 g/mol. The standard InChI is InChI=1S/C7H8F3N/c1-3-11-5-4-6(2)7(8,9)10/h3-5H,2H2,1H3/b5-4-,11-3?. The average Bonchev–Trinajstić information content (AvgIpc) is 1.86. The van der Waals surface area contributed by atoms with Crippen LogP contribution >= 0.6 is 0 Å². The smallest absolute Gasteiger partial charge is 0.269 e. The molecule has 0 fully saturated rings. The van der Waals surface area contributed by atoms with Crippen LogP contribution < -0.4 is 0 Å². The summed E-state index contributed by atoms with van der Waals surface area (Å²) in [4.78, 5) is 3.46. The van der Waals surface area contributed by atoms with Gasteiger partial charge in [0.05, 0.1) is 0 Å². The second-order valence-corrected chi connectivity index (χ2v) is 1.75. The fourth-order valence-electron chi connectivity index (χ4n) is 0.314. The highest BCUT2D eigenvalue weighted by atomic mass is 19.4. The van der Waals surface area contributed by atoms with Crippen LogP contribution in [0, 0.1) is 0 Å². The van der Waals surface area contributed by atoms with Crippen LogP contribution in [0.5, 0.6) is 0 Å². The molecule has 0 heterocycles. The topological polar surface area (TPSA) is 12.4 Å². The van der Waals surface area contributed by atoms with E-state index in [9.17, 15) is 13.2 Å². The number of allylic oxidation sites excluding steroid dienone is 2. The monoisotopic (exact) mass is 163 g/mol. The van der Waals surface area contributed by atoms with Gasteiger partial charge in [0.15, 0.2) is 0 Å². The van der Waals surface area contributed by atoms with Crippen LogP contribution in [0.2, 0.25) is 0 Å². The zero-order valence-corrected chi connectivity index (χ0v) is 6.02. The Hall–Kier alpha value is -1.06. The molecule has 0 bridgehead atoms. The Morgan fingerprint density at radius 2 is 2.00 bits per heavy atom. The third kappa shape index (κ3) is 4.36. The van der Waals surface area contributed by atoms with Crippen molar-refractivity contribution in [1.82, 2.24) is 0 Å². The van der Waals surface area contributed by atoms with E-state index in [0.29, 0.717) is 0 Å². The number of rotatable bonds is 2. The Bertz CT molecular complexity index is 188. The van der Waals surface area contributed by atoms with Gasteiger partial charge >= 0.3 is 6.18 Å². The molecule has 0 saturated heterocycles. The lowest BCUT2D eigenvalue weighted by Gasteiger charge is -2.03. The van der Waals surface area contributed by atoms with Crippen molar-refractivity contribution in [2.45, 2.75) is 13.1 Å². The Balaban J connectivity index is 4.08. The van der Waals surface area contributed by atoms with Crippen molar-refractivity contribution in [2.75, 3.05) is 0 Å². The highest BCUT2D eigenvalue weighted by molar-refractivity contribution is 5.54. The maximum atomic E-state index is 11.7. The number of hydrogen-bond donors (Lipinski definition) is 0. The zero-order valence-electron chi connectivity index (χ0n) is 6.02. The summed E-state index contributed by atoms with van der Waals surface area (Å²) >= 11 is 0. The summed E-state index contributed by atoms with van der Waals surface area (Å²) in [5.41, 5.74) is -0.900. The van der Waals surface area contributed by atoms with Gasteiger partial charge in [-0.05, 0) is 13.0 Å². The van der Waals surface area contributed by atoms with Gasteiger partial charge in [-0.15, -0.1) is 0 Å². The first kappa shape index (κ1) is 9.94. The lowest BCUT2D eigenvalue weighted by atomic mass is 10.3. The van der Waals surface area contributed by atoms with Crippen LogP contribution in [0.1, 0.15) is 6.92 Å². The number of halogens is 3. The van der Waals surface area contributed by atoms with E-state index >= 15 is 0 Å². The third-order valence-electron chi connectivity index (χ3n) is 0.875. The molecule has 0 aromatic carbocycles. The molecule has 0 atom stereocenters. The van der Waals surface area contributed by atoms with Crippen molar-refractivity contribution in [1.29, 1.82) is 0 Å². The fourth-order valence-corrected chi connectivity index (χ4v) is 0.314. The van der Waals surface area contributed by atoms with E-state index in [1.807, 2.05) is 0 Å². The minimum Gasteiger partial charge on any atom is -0.269 e. The van der Waals surface area contributed by atoms with E-state index in [0.717, 1.165) is 12.3 Å². The van der Waals surface area contributed by atoms with Crippen molar-refractivity contribution in [3.05, 3.63) is 24.4 Å². The molecule has 0 saturated carbocycles. The van der Waals surface area contributed by atoms with Crippen molar-refractivity contribution in [2.24, 2.45) is 4.99 Å². The molecule has 0 amide bonds. The van der Waals surface area contributed by atoms with E-state index < -0.39 is 11.7 Å². The Morgan fingerprint density at radius 1 is 1.45 bits per heavy atom. The van der Waals surface area contributed by atoms with Crippen LogP contribution in [-0.2, 0) is 0 Å². The Labute approximate surface area is 62.9 Å². The maximum Gasteiger partial charge on any atom is 0.415 e. The normalized spacial score (nSPS) is 13.1. The van der Waals surface area contributed by atoms with Crippen LogP contribution in [0.15, 0.2) is 29.4 Å². The van der Waals surface area contributed by atoms with Crippen LogP contribution in [-0.4, -0.2) is 12.4 Å². The van der Waals surface area contributed by atoms with Crippen molar-refractivity contribution >= 4 is 6.21 Å². The van der Waals surface area contributed by atoms with Gasteiger partial charge in [0, 0.05) is 18.0 Å².